The van der Waals surface area contributed by atoms with Gasteiger partial charge in [0.25, 0.3) is 0 Å². The zero-order valence-electron chi connectivity index (χ0n) is 23.5. The van der Waals surface area contributed by atoms with Gasteiger partial charge in [0.05, 0.1) is 31.0 Å². The molecule has 8 atom stereocenters. The first kappa shape index (κ1) is 25.2. The fourth-order valence-electron chi connectivity index (χ4n) is 11.0. The smallest absolute Gasteiger partial charge is 0.171 e. The number of hydrogen-bond donors (Lipinski definition) is 1. The van der Waals surface area contributed by atoms with E-state index in [2.05, 4.69) is 37.8 Å². The summed E-state index contributed by atoms with van der Waals surface area (Å²) in [6.45, 7) is 9.13. The van der Waals surface area contributed by atoms with Gasteiger partial charge in [-0.3, -0.25) is 4.79 Å². The third-order valence-electron chi connectivity index (χ3n) is 12.9. The second-order valence-corrected chi connectivity index (χ2v) is 14.5. The number of rotatable bonds is 3. The first-order chi connectivity index (χ1) is 18.8. The van der Waals surface area contributed by atoms with Gasteiger partial charge in [-0.2, -0.15) is 0 Å². The van der Waals surface area contributed by atoms with Crippen molar-refractivity contribution < 1.29 is 24.1 Å². The number of aliphatic hydroxyl groups is 1. The van der Waals surface area contributed by atoms with Crippen molar-refractivity contribution in [2.45, 2.75) is 100 Å². The van der Waals surface area contributed by atoms with Crippen LogP contribution in [0.15, 0.2) is 36.4 Å². The standard InChI is InChI=1S/C34H44O5/c1-21-12-16-39-34(21)15-11-27-25-9-13-32(36)20-33(37-17-18-38-33)14-10-28(32)29(25)26(19-31(27,34)2)22-3-5-23(6-4-22)30(35)24-7-8-24/h3-6,24-29,36H,1,7-20H2,2H3/t25?,26-,27?,28?,29?,31+,32-,34-/m1/s1. The van der Waals surface area contributed by atoms with Crippen molar-refractivity contribution in [1.29, 1.82) is 0 Å². The van der Waals surface area contributed by atoms with Crippen molar-refractivity contribution in [2.24, 2.45) is 35.0 Å². The molecule has 39 heavy (non-hydrogen) atoms. The number of benzene rings is 1. The van der Waals surface area contributed by atoms with Crippen LogP contribution in [0.4, 0.5) is 0 Å². The fourth-order valence-corrected chi connectivity index (χ4v) is 11.0. The summed E-state index contributed by atoms with van der Waals surface area (Å²) in [5.41, 5.74) is 2.58. The van der Waals surface area contributed by atoms with Gasteiger partial charge in [-0.05, 0) is 98.5 Å². The summed E-state index contributed by atoms with van der Waals surface area (Å²) in [6.07, 6.45) is 10.7. The van der Waals surface area contributed by atoms with Crippen LogP contribution in [0.25, 0.3) is 0 Å². The number of carbonyl (C=O) groups is 1. The maximum absolute atomic E-state index is 12.8. The number of carbonyl (C=O) groups excluding carboxylic acids is 1. The van der Waals surface area contributed by atoms with E-state index in [0.29, 0.717) is 49.1 Å². The third kappa shape index (κ3) is 3.49. The van der Waals surface area contributed by atoms with Crippen molar-refractivity contribution in [3.05, 3.63) is 47.5 Å². The minimum atomic E-state index is -0.749. The van der Waals surface area contributed by atoms with Crippen molar-refractivity contribution in [2.75, 3.05) is 19.8 Å². The molecule has 4 unspecified atom stereocenters. The molecular formula is C34H44O5. The van der Waals surface area contributed by atoms with E-state index in [-0.39, 0.29) is 22.9 Å². The summed E-state index contributed by atoms with van der Waals surface area (Å²) in [5, 5.41) is 12.3. The Morgan fingerprint density at radius 1 is 0.923 bits per heavy atom. The molecule has 0 aromatic heterocycles. The monoisotopic (exact) mass is 532 g/mol. The highest BCUT2D eigenvalue weighted by molar-refractivity contribution is 5.99. The van der Waals surface area contributed by atoms with E-state index >= 15 is 0 Å². The van der Waals surface area contributed by atoms with E-state index in [1.54, 1.807) is 0 Å². The van der Waals surface area contributed by atoms with Crippen molar-refractivity contribution in [3.63, 3.8) is 0 Å². The lowest BCUT2D eigenvalue weighted by Crippen LogP contribution is -2.62. The SMILES string of the molecule is C=C1CCO[C@]12CCC1C3CC[C@@]4(O)CC5(CCC4C3[C@@H](c3ccc(C(=O)C4CC4)cc3)C[C@@]12C)OCCO5. The van der Waals surface area contributed by atoms with E-state index in [1.807, 2.05) is 0 Å². The highest BCUT2D eigenvalue weighted by Gasteiger charge is 2.69. The number of hydrogen-bond acceptors (Lipinski definition) is 5. The Hall–Kier alpha value is -1.53. The number of fused-ring (bicyclic) bond motifs is 6. The molecule has 0 radical (unpaired) electrons. The van der Waals surface area contributed by atoms with Crippen LogP contribution in [0.1, 0.15) is 99.4 Å². The van der Waals surface area contributed by atoms with Crippen LogP contribution in [-0.4, -0.2) is 47.7 Å². The Kier molecular flexibility index (Phi) is 5.49. The van der Waals surface area contributed by atoms with Crippen LogP contribution < -0.4 is 0 Å². The molecule has 8 rings (SSSR count). The molecule has 0 amide bonds. The molecule has 7 aliphatic rings. The predicted molar refractivity (Wildman–Crippen MR) is 147 cm³/mol. The van der Waals surface area contributed by atoms with E-state index in [0.717, 1.165) is 70.0 Å². The minimum Gasteiger partial charge on any atom is -0.389 e. The molecule has 1 N–H and O–H groups in total. The maximum Gasteiger partial charge on any atom is 0.171 e. The van der Waals surface area contributed by atoms with E-state index in [9.17, 15) is 9.90 Å². The summed E-state index contributed by atoms with van der Waals surface area (Å²) in [6, 6.07) is 8.65. The van der Waals surface area contributed by atoms with Crippen molar-refractivity contribution in [3.8, 4) is 0 Å². The molecule has 5 heteroatoms. The molecule has 5 aliphatic carbocycles. The molecule has 2 saturated heterocycles. The summed E-state index contributed by atoms with van der Waals surface area (Å²) < 4.78 is 18.9. The van der Waals surface area contributed by atoms with Gasteiger partial charge in [0.1, 0.15) is 0 Å². The van der Waals surface area contributed by atoms with Gasteiger partial charge in [0, 0.05) is 29.7 Å². The highest BCUT2D eigenvalue weighted by Crippen LogP contribution is 2.72. The van der Waals surface area contributed by atoms with Gasteiger partial charge in [-0.15, -0.1) is 0 Å². The molecule has 2 aliphatic heterocycles. The molecule has 5 saturated carbocycles. The van der Waals surface area contributed by atoms with Gasteiger partial charge < -0.3 is 19.3 Å². The Labute approximate surface area is 232 Å². The van der Waals surface area contributed by atoms with Crippen molar-refractivity contribution >= 4 is 5.78 Å². The molecule has 0 bridgehead atoms. The molecule has 1 aromatic rings. The van der Waals surface area contributed by atoms with Crippen LogP contribution in [0, 0.1) is 35.0 Å². The number of ether oxygens (including phenoxy) is 3. The second-order valence-electron chi connectivity index (χ2n) is 14.5. The van der Waals surface area contributed by atoms with Gasteiger partial charge in [0.15, 0.2) is 11.6 Å². The Morgan fingerprint density at radius 2 is 1.67 bits per heavy atom. The first-order valence-corrected chi connectivity index (χ1v) is 15.7. The topological polar surface area (TPSA) is 65.0 Å². The predicted octanol–water partition coefficient (Wildman–Crippen LogP) is 6.20. The maximum atomic E-state index is 12.8. The van der Waals surface area contributed by atoms with Gasteiger partial charge in [0.2, 0.25) is 0 Å². The molecule has 7 fully saturated rings. The van der Waals surface area contributed by atoms with E-state index in [4.69, 9.17) is 14.2 Å². The van der Waals surface area contributed by atoms with E-state index < -0.39 is 11.4 Å². The van der Waals surface area contributed by atoms with Crippen LogP contribution in [-0.2, 0) is 14.2 Å². The molecule has 2 heterocycles. The lowest BCUT2D eigenvalue weighted by Gasteiger charge is -2.63. The second kappa shape index (κ2) is 8.50. The minimum absolute atomic E-state index is 0.0396. The molecule has 2 spiro atoms. The van der Waals surface area contributed by atoms with Gasteiger partial charge in [-0.1, -0.05) is 37.8 Å². The molecule has 210 valence electrons. The largest absolute Gasteiger partial charge is 0.389 e. The van der Waals surface area contributed by atoms with Crippen LogP contribution in [0.2, 0.25) is 0 Å². The third-order valence-corrected chi connectivity index (χ3v) is 12.9. The molecule has 5 nitrogen and oxygen atoms in total. The Bertz CT molecular complexity index is 1180. The van der Waals surface area contributed by atoms with Crippen LogP contribution >= 0.6 is 0 Å². The lowest BCUT2D eigenvalue weighted by atomic mass is 9.44. The Balaban J connectivity index is 1.19. The fraction of sp³-hybridized carbons (Fsp3) is 0.735. The van der Waals surface area contributed by atoms with Crippen molar-refractivity contribution in [1.82, 2.24) is 0 Å². The average Bonchev–Trinajstić information content (AvgIpc) is 3.47. The lowest BCUT2D eigenvalue weighted by molar-refractivity contribution is -0.259. The highest BCUT2D eigenvalue weighted by atomic mass is 16.7. The van der Waals surface area contributed by atoms with Gasteiger partial charge >= 0.3 is 0 Å². The summed E-state index contributed by atoms with van der Waals surface area (Å²) >= 11 is 0. The van der Waals surface area contributed by atoms with Gasteiger partial charge in [-0.25, -0.2) is 0 Å². The number of Topliss-reactive ketones (excluding diaryl/α,β-unsaturated/α-hetero) is 1. The normalized spacial score (nSPS) is 46.3. The summed E-state index contributed by atoms with van der Waals surface area (Å²) in [4.78, 5) is 12.8. The average molecular weight is 533 g/mol. The molecule has 1 aromatic carbocycles. The zero-order chi connectivity index (χ0) is 26.6. The van der Waals surface area contributed by atoms with Crippen LogP contribution in [0.3, 0.4) is 0 Å². The first-order valence-electron chi connectivity index (χ1n) is 15.7. The Morgan fingerprint density at radius 3 is 2.36 bits per heavy atom. The zero-order valence-corrected chi connectivity index (χ0v) is 23.5. The summed E-state index contributed by atoms with van der Waals surface area (Å²) in [5.74, 6) is 2.07. The van der Waals surface area contributed by atoms with E-state index in [1.165, 1.54) is 17.6 Å². The quantitative estimate of drug-likeness (QED) is 0.371. The molecular weight excluding hydrogens is 488 g/mol. The van der Waals surface area contributed by atoms with Crippen LogP contribution in [0.5, 0.6) is 0 Å². The summed E-state index contributed by atoms with van der Waals surface area (Å²) in [7, 11) is 0. The number of ketones is 1.